The van der Waals surface area contributed by atoms with E-state index in [1.807, 2.05) is 0 Å². The molecule has 0 aromatic heterocycles. The molecule has 3 fully saturated rings. The maximum Gasteiger partial charge on any atom is 0.226 e. The van der Waals surface area contributed by atoms with Gasteiger partial charge >= 0.3 is 0 Å². The quantitative estimate of drug-likeness (QED) is 0.507. The molecule has 1 atom stereocenters. The first-order valence-electron chi connectivity index (χ1n) is 11.3. The van der Waals surface area contributed by atoms with E-state index in [1.54, 1.807) is 4.90 Å². The molecule has 1 amide bonds. The number of aliphatic hydroxyl groups is 1. The van der Waals surface area contributed by atoms with Gasteiger partial charge in [-0.25, -0.2) is 0 Å². The molecule has 2 heterocycles. The van der Waals surface area contributed by atoms with Gasteiger partial charge in [-0.2, -0.15) is 0 Å². The molecule has 2 aliphatic heterocycles. The summed E-state index contributed by atoms with van der Waals surface area (Å²) in [6.07, 6.45) is 4.00. The number of ether oxygens (including phenoxy) is 2. The minimum atomic E-state index is -1.85. The second kappa shape index (κ2) is 7.54. The molecule has 1 N–H and O–H groups in total. The third-order valence-corrected chi connectivity index (χ3v) is 12.4. The van der Waals surface area contributed by atoms with E-state index in [0.717, 1.165) is 0 Å². The Morgan fingerprint density at radius 3 is 2.55 bits per heavy atom. The zero-order chi connectivity index (χ0) is 22.7. The summed E-state index contributed by atoms with van der Waals surface area (Å²) >= 11 is 0. The number of hydrogen-bond donors (Lipinski definition) is 1. The number of ketones is 1. The van der Waals surface area contributed by atoms with Crippen molar-refractivity contribution in [2.45, 2.75) is 76.8 Å². The Hall–Kier alpha value is -1.48. The average Bonchev–Trinajstić information content (AvgIpc) is 3.26. The maximum atomic E-state index is 12.9. The van der Waals surface area contributed by atoms with Crippen molar-refractivity contribution in [3.05, 3.63) is 23.1 Å². The summed E-state index contributed by atoms with van der Waals surface area (Å²) in [7, 11) is -1.85. The van der Waals surface area contributed by atoms with Crippen molar-refractivity contribution in [3.63, 3.8) is 0 Å². The lowest BCUT2D eigenvalue weighted by molar-refractivity contribution is -0.158. The second-order valence-electron chi connectivity index (χ2n) is 10.8. The highest BCUT2D eigenvalue weighted by atomic mass is 28.4. The van der Waals surface area contributed by atoms with Crippen LogP contribution in [0.15, 0.2) is 23.1 Å². The minimum absolute atomic E-state index is 0.0203. The van der Waals surface area contributed by atoms with E-state index >= 15 is 0 Å². The predicted octanol–water partition coefficient (Wildman–Crippen LogP) is 3.82. The van der Waals surface area contributed by atoms with Crippen LogP contribution in [-0.2, 0) is 23.5 Å². The number of rotatable bonds is 5. The van der Waals surface area contributed by atoms with Crippen LogP contribution in [0.1, 0.15) is 52.9 Å². The van der Waals surface area contributed by atoms with Crippen LogP contribution < -0.4 is 0 Å². The number of allylic oxidation sites excluding steroid dienone is 2. The van der Waals surface area contributed by atoms with Gasteiger partial charge in [-0.3, -0.25) is 9.59 Å². The van der Waals surface area contributed by atoms with Gasteiger partial charge in [0.05, 0.1) is 13.2 Å². The van der Waals surface area contributed by atoms with Gasteiger partial charge in [0.25, 0.3) is 0 Å². The van der Waals surface area contributed by atoms with Crippen molar-refractivity contribution in [2.24, 2.45) is 5.41 Å². The van der Waals surface area contributed by atoms with Crippen LogP contribution in [0.4, 0.5) is 0 Å². The van der Waals surface area contributed by atoms with Crippen molar-refractivity contribution in [1.29, 1.82) is 0 Å². The monoisotopic (exact) mass is 449 g/mol. The fourth-order valence-electron chi connectivity index (χ4n) is 5.11. The summed E-state index contributed by atoms with van der Waals surface area (Å²) < 4.78 is 18.1. The molecule has 0 unspecified atom stereocenters. The van der Waals surface area contributed by atoms with Crippen LogP contribution in [0.3, 0.4) is 0 Å². The van der Waals surface area contributed by atoms with Crippen LogP contribution in [-0.4, -0.2) is 62.2 Å². The van der Waals surface area contributed by atoms with Gasteiger partial charge in [0, 0.05) is 49.6 Å². The van der Waals surface area contributed by atoms with Crippen LogP contribution in [0, 0.1) is 5.41 Å². The lowest BCUT2D eigenvalue weighted by Gasteiger charge is -2.45. The molecule has 0 aromatic rings. The molecule has 0 bridgehead atoms. The highest BCUT2D eigenvalue weighted by Crippen LogP contribution is 2.62. The molecule has 1 saturated carbocycles. The zero-order valence-corrected chi connectivity index (χ0v) is 20.4. The molecule has 2 saturated heterocycles. The van der Waals surface area contributed by atoms with Gasteiger partial charge < -0.3 is 23.9 Å². The third-order valence-electron chi connectivity index (χ3n) is 7.84. The van der Waals surface area contributed by atoms with Crippen molar-refractivity contribution >= 4 is 20.0 Å². The number of carbonyl (C=O) groups excluding carboxylic acids is 2. The fourth-order valence-corrected chi connectivity index (χ4v) is 6.20. The largest absolute Gasteiger partial charge is 0.504 e. The van der Waals surface area contributed by atoms with E-state index in [4.69, 9.17) is 13.9 Å². The first-order valence-corrected chi connectivity index (χ1v) is 14.2. The molecule has 2 aliphatic carbocycles. The lowest BCUT2D eigenvalue weighted by atomic mass is 9.69. The van der Waals surface area contributed by atoms with E-state index in [-0.39, 0.29) is 16.7 Å². The van der Waals surface area contributed by atoms with Gasteiger partial charge in [-0.15, -0.1) is 0 Å². The van der Waals surface area contributed by atoms with Crippen molar-refractivity contribution in [1.82, 2.24) is 4.90 Å². The highest BCUT2D eigenvalue weighted by Gasteiger charge is 2.61. The van der Waals surface area contributed by atoms with Crippen LogP contribution in [0.2, 0.25) is 18.1 Å². The molecule has 31 heavy (non-hydrogen) atoms. The Kier molecular flexibility index (Phi) is 5.52. The van der Waals surface area contributed by atoms with Crippen molar-refractivity contribution in [2.75, 3.05) is 26.4 Å². The topological polar surface area (TPSA) is 85.3 Å². The lowest BCUT2D eigenvalue weighted by Crippen LogP contribution is -2.47. The summed E-state index contributed by atoms with van der Waals surface area (Å²) in [5.41, 5.74) is 0.799. The highest BCUT2D eigenvalue weighted by molar-refractivity contribution is 6.74. The molecular weight excluding hydrogens is 414 g/mol. The number of amides is 1. The van der Waals surface area contributed by atoms with Gasteiger partial charge in [0.15, 0.2) is 19.9 Å². The van der Waals surface area contributed by atoms with Gasteiger partial charge in [0.2, 0.25) is 11.7 Å². The van der Waals surface area contributed by atoms with E-state index < -0.39 is 25.3 Å². The SMILES string of the molecule is CC(C)(C)[Si](C)(C)OCCCN1C(=O)CC[C@@]23CC4(CC2=C(O)C(=O)C=C13)OCCO4. The molecule has 2 spiro atoms. The maximum absolute atomic E-state index is 12.9. The number of carbonyl (C=O) groups is 2. The Balaban J connectivity index is 1.53. The van der Waals surface area contributed by atoms with Gasteiger partial charge in [0.1, 0.15) is 0 Å². The predicted molar refractivity (Wildman–Crippen MR) is 118 cm³/mol. The summed E-state index contributed by atoms with van der Waals surface area (Å²) in [6, 6.07) is 0. The van der Waals surface area contributed by atoms with Crippen molar-refractivity contribution < 1.29 is 28.6 Å². The van der Waals surface area contributed by atoms with Gasteiger partial charge in [-0.1, -0.05) is 20.8 Å². The second-order valence-corrected chi connectivity index (χ2v) is 15.6. The summed E-state index contributed by atoms with van der Waals surface area (Å²) in [4.78, 5) is 27.2. The first-order chi connectivity index (χ1) is 14.4. The number of piperidine rings is 1. The molecule has 0 aromatic carbocycles. The molecule has 0 radical (unpaired) electrons. The molecule has 4 rings (SSSR count). The molecular formula is C23H35NO6Si. The molecule has 8 heteroatoms. The van der Waals surface area contributed by atoms with Gasteiger partial charge in [-0.05, 0) is 36.5 Å². The third kappa shape index (κ3) is 3.71. The van der Waals surface area contributed by atoms with Crippen LogP contribution in [0.5, 0.6) is 0 Å². The molecule has 4 aliphatic rings. The van der Waals surface area contributed by atoms with Crippen LogP contribution in [0.25, 0.3) is 0 Å². The average molecular weight is 450 g/mol. The van der Waals surface area contributed by atoms with E-state index in [1.165, 1.54) is 6.08 Å². The first kappa shape index (κ1) is 22.7. The number of likely N-dealkylation sites (tertiary alicyclic amines) is 1. The van der Waals surface area contributed by atoms with Crippen LogP contribution >= 0.6 is 0 Å². The Labute approximate surface area is 185 Å². The molecule has 172 valence electrons. The van der Waals surface area contributed by atoms with E-state index in [0.29, 0.717) is 69.7 Å². The van der Waals surface area contributed by atoms with E-state index in [2.05, 4.69) is 33.9 Å². The summed E-state index contributed by atoms with van der Waals surface area (Å²) in [6.45, 7) is 13.1. The number of hydrogen-bond acceptors (Lipinski definition) is 6. The smallest absolute Gasteiger partial charge is 0.226 e. The number of nitrogens with zero attached hydrogens (tertiary/aromatic N) is 1. The normalized spacial score (nSPS) is 28.3. The summed E-state index contributed by atoms with van der Waals surface area (Å²) in [5, 5.41) is 10.7. The van der Waals surface area contributed by atoms with Crippen molar-refractivity contribution in [3.8, 4) is 0 Å². The Morgan fingerprint density at radius 2 is 1.90 bits per heavy atom. The zero-order valence-electron chi connectivity index (χ0n) is 19.4. The summed E-state index contributed by atoms with van der Waals surface area (Å²) in [5.74, 6) is -1.42. The Morgan fingerprint density at radius 1 is 1.23 bits per heavy atom. The standard InChI is InChI=1S/C23H35NO6Si/c1-21(2,3)31(4,5)30-10-6-9-24-18-13-17(25)20(27)16-14-23(28-11-12-29-23)15-22(16,18)8-7-19(24)26/h13,27H,6-12,14-15H2,1-5H3/t22-/m1/s1. The Bertz CT molecular complexity index is 849. The molecule has 7 nitrogen and oxygen atoms in total. The fraction of sp³-hybridized carbons (Fsp3) is 0.739. The van der Waals surface area contributed by atoms with E-state index in [9.17, 15) is 14.7 Å². The minimum Gasteiger partial charge on any atom is -0.504 e. The number of aliphatic hydroxyl groups excluding tert-OH is 1.